The third-order valence-corrected chi connectivity index (χ3v) is 3.62. The number of aromatic nitrogens is 1. The van der Waals surface area contributed by atoms with Crippen molar-refractivity contribution in [3.63, 3.8) is 0 Å². The van der Waals surface area contributed by atoms with Gasteiger partial charge < -0.3 is 10.6 Å². The standard InChI is InChI=1S/C12H18BrN3O/c1-8-5-6-15-10(9(8)13)16-7-12(2,3)11(17)14-4/h5-6H,7H2,1-4H3,(H,14,17)(H,15,16). The number of carbonyl (C=O) groups excluding carboxylic acids is 1. The molecule has 0 spiro atoms. The fraction of sp³-hybridized carbons (Fsp3) is 0.500. The van der Waals surface area contributed by atoms with Crippen LogP contribution >= 0.6 is 15.9 Å². The normalized spacial score (nSPS) is 11.1. The predicted octanol–water partition coefficient (Wildman–Crippen LogP) is 2.34. The molecule has 1 aromatic heterocycles. The summed E-state index contributed by atoms with van der Waals surface area (Å²) in [4.78, 5) is 15.9. The highest BCUT2D eigenvalue weighted by Gasteiger charge is 2.26. The Morgan fingerprint density at radius 3 is 2.76 bits per heavy atom. The molecule has 94 valence electrons. The van der Waals surface area contributed by atoms with Gasteiger partial charge in [-0.2, -0.15) is 0 Å². The Morgan fingerprint density at radius 1 is 1.53 bits per heavy atom. The van der Waals surface area contributed by atoms with Crippen molar-refractivity contribution in [3.05, 3.63) is 22.3 Å². The molecule has 0 radical (unpaired) electrons. The van der Waals surface area contributed by atoms with E-state index in [1.54, 1.807) is 13.2 Å². The number of nitrogens with one attached hydrogen (secondary N) is 2. The van der Waals surface area contributed by atoms with Gasteiger partial charge in [-0.3, -0.25) is 4.79 Å². The number of rotatable bonds is 4. The van der Waals surface area contributed by atoms with Gasteiger partial charge in [0.1, 0.15) is 5.82 Å². The molecule has 1 heterocycles. The lowest BCUT2D eigenvalue weighted by Gasteiger charge is -2.23. The molecule has 1 amide bonds. The van der Waals surface area contributed by atoms with Gasteiger partial charge in [0.2, 0.25) is 5.91 Å². The van der Waals surface area contributed by atoms with Gasteiger partial charge in [-0.05, 0) is 48.3 Å². The van der Waals surface area contributed by atoms with Gasteiger partial charge in [-0.15, -0.1) is 0 Å². The number of carbonyl (C=O) groups is 1. The summed E-state index contributed by atoms with van der Waals surface area (Å²) in [6, 6.07) is 1.93. The minimum absolute atomic E-state index is 0.00813. The topological polar surface area (TPSA) is 54.0 Å². The largest absolute Gasteiger partial charge is 0.368 e. The van der Waals surface area contributed by atoms with Crippen molar-refractivity contribution in [3.8, 4) is 0 Å². The molecule has 0 saturated carbocycles. The van der Waals surface area contributed by atoms with E-state index in [-0.39, 0.29) is 5.91 Å². The SMILES string of the molecule is CNC(=O)C(C)(C)CNc1nccc(C)c1Br. The highest BCUT2D eigenvalue weighted by molar-refractivity contribution is 9.10. The monoisotopic (exact) mass is 299 g/mol. The lowest BCUT2D eigenvalue weighted by atomic mass is 9.92. The Hall–Kier alpha value is -1.10. The quantitative estimate of drug-likeness (QED) is 0.897. The Labute approximate surface area is 110 Å². The summed E-state index contributed by atoms with van der Waals surface area (Å²) in [6.07, 6.45) is 1.75. The van der Waals surface area contributed by atoms with E-state index in [0.29, 0.717) is 6.54 Å². The van der Waals surface area contributed by atoms with Crippen LogP contribution in [0.4, 0.5) is 5.82 Å². The number of nitrogens with zero attached hydrogens (tertiary/aromatic N) is 1. The second-order valence-electron chi connectivity index (χ2n) is 4.61. The molecule has 1 rings (SSSR count). The van der Waals surface area contributed by atoms with Gasteiger partial charge >= 0.3 is 0 Å². The van der Waals surface area contributed by atoms with Gasteiger partial charge in [0, 0.05) is 19.8 Å². The number of halogens is 1. The van der Waals surface area contributed by atoms with E-state index in [0.717, 1.165) is 15.9 Å². The van der Waals surface area contributed by atoms with Crippen molar-refractivity contribution in [1.29, 1.82) is 0 Å². The summed E-state index contributed by atoms with van der Waals surface area (Å²) in [7, 11) is 1.64. The molecule has 0 aromatic carbocycles. The highest BCUT2D eigenvalue weighted by Crippen LogP contribution is 2.25. The van der Waals surface area contributed by atoms with Crippen LogP contribution in [0, 0.1) is 12.3 Å². The molecule has 0 atom stereocenters. The highest BCUT2D eigenvalue weighted by atomic mass is 79.9. The first-order chi connectivity index (χ1) is 7.88. The maximum absolute atomic E-state index is 11.6. The molecule has 0 bridgehead atoms. The van der Waals surface area contributed by atoms with E-state index in [9.17, 15) is 4.79 Å². The first kappa shape index (κ1) is 14.0. The number of hydrogen-bond acceptors (Lipinski definition) is 3. The molecule has 0 fully saturated rings. The minimum atomic E-state index is -0.473. The first-order valence-electron chi connectivity index (χ1n) is 5.45. The lowest BCUT2D eigenvalue weighted by molar-refractivity contribution is -0.128. The molecule has 0 aliphatic carbocycles. The third kappa shape index (κ3) is 3.43. The van der Waals surface area contributed by atoms with E-state index < -0.39 is 5.41 Å². The predicted molar refractivity (Wildman–Crippen MR) is 73.0 cm³/mol. The molecular formula is C12H18BrN3O. The van der Waals surface area contributed by atoms with E-state index >= 15 is 0 Å². The molecule has 4 nitrogen and oxygen atoms in total. The zero-order valence-electron chi connectivity index (χ0n) is 10.6. The smallest absolute Gasteiger partial charge is 0.227 e. The summed E-state index contributed by atoms with van der Waals surface area (Å²) in [5, 5.41) is 5.85. The fourth-order valence-corrected chi connectivity index (χ4v) is 1.76. The van der Waals surface area contributed by atoms with Crippen LogP contribution in [0.25, 0.3) is 0 Å². The van der Waals surface area contributed by atoms with Gasteiger partial charge in [-0.25, -0.2) is 4.98 Å². The summed E-state index contributed by atoms with van der Waals surface area (Å²) in [5.74, 6) is 0.774. The van der Waals surface area contributed by atoms with Crippen LogP contribution in [0.2, 0.25) is 0 Å². The molecule has 5 heteroatoms. The Bertz CT molecular complexity index is 418. The minimum Gasteiger partial charge on any atom is -0.368 e. The van der Waals surface area contributed by atoms with Gasteiger partial charge in [0.05, 0.1) is 9.89 Å². The van der Waals surface area contributed by atoms with Crippen LogP contribution in [0.1, 0.15) is 19.4 Å². The van der Waals surface area contributed by atoms with Gasteiger partial charge in [0.15, 0.2) is 0 Å². The summed E-state index contributed by atoms with van der Waals surface area (Å²) < 4.78 is 0.938. The second-order valence-corrected chi connectivity index (χ2v) is 5.40. The van der Waals surface area contributed by atoms with Crippen molar-refractivity contribution in [2.75, 3.05) is 18.9 Å². The first-order valence-corrected chi connectivity index (χ1v) is 6.25. The number of aryl methyl sites for hydroxylation is 1. The van der Waals surface area contributed by atoms with Crippen LogP contribution in [0.5, 0.6) is 0 Å². The van der Waals surface area contributed by atoms with E-state index in [1.807, 2.05) is 26.8 Å². The molecule has 0 aliphatic rings. The molecule has 2 N–H and O–H groups in total. The lowest BCUT2D eigenvalue weighted by Crippen LogP contribution is -2.39. The van der Waals surface area contributed by atoms with Crippen LogP contribution in [0.15, 0.2) is 16.7 Å². The van der Waals surface area contributed by atoms with Gasteiger partial charge in [0.25, 0.3) is 0 Å². The Kier molecular flexibility index (Phi) is 4.51. The summed E-state index contributed by atoms with van der Waals surface area (Å²) in [6.45, 7) is 6.31. The molecule has 0 saturated heterocycles. The molecule has 17 heavy (non-hydrogen) atoms. The summed E-state index contributed by atoms with van der Waals surface area (Å²) in [5.41, 5.74) is 0.639. The number of amides is 1. The van der Waals surface area contributed by atoms with Crippen molar-refractivity contribution in [2.45, 2.75) is 20.8 Å². The zero-order valence-corrected chi connectivity index (χ0v) is 12.2. The second kappa shape index (κ2) is 5.49. The number of anilines is 1. The van der Waals surface area contributed by atoms with Crippen LogP contribution in [-0.2, 0) is 4.79 Å². The maximum Gasteiger partial charge on any atom is 0.227 e. The molecular weight excluding hydrogens is 282 g/mol. The Morgan fingerprint density at radius 2 is 2.18 bits per heavy atom. The van der Waals surface area contributed by atoms with Crippen molar-refractivity contribution in [2.24, 2.45) is 5.41 Å². The summed E-state index contributed by atoms with van der Waals surface area (Å²) >= 11 is 3.48. The van der Waals surface area contributed by atoms with Crippen LogP contribution in [-0.4, -0.2) is 24.5 Å². The third-order valence-electron chi connectivity index (χ3n) is 2.62. The Balaban J connectivity index is 2.74. The fourth-order valence-electron chi connectivity index (χ4n) is 1.39. The van der Waals surface area contributed by atoms with E-state index in [4.69, 9.17) is 0 Å². The molecule has 1 aromatic rings. The van der Waals surface area contributed by atoms with E-state index in [2.05, 4.69) is 31.5 Å². The average Bonchev–Trinajstić information content (AvgIpc) is 2.30. The number of hydrogen-bond donors (Lipinski definition) is 2. The van der Waals surface area contributed by atoms with Crippen molar-refractivity contribution >= 4 is 27.7 Å². The number of pyridine rings is 1. The van der Waals surface area contributed by atoms with Gasteiger partial charge in [-0.1, -0.05) is 0 Å². The zero-order chi connectivity index (χ0) is 13.1. The van der Waals surface area contributed by atoms with Crippen LogP contribution in [0.3, 0.4) is 0 Å². The average molecular weight is 300 g/mol. The molecule has 0 unspecified atom stereocenters. The van der Waals surface area contributed by atoms with Crippen LogP contribution < -0.4 is 10.6 Å². The maximum atomic E-state index is 11.6. The molecule has 0 aliphatic heterocycles. The van der Waals surface area contributed by atoms with E-state index in [1.165, 1.54) is 0 Å². The van der Waals surface area contributed by atoms with Crippen molar-refractivity contribution < 1.29 is 4.79 Å². The van der Waals surface area contributed by atoms with Crippen molar-refractivity contribution in [1.82, 2.24) is 10.3 Å².